The molecule has 1 N–H and O–H groups in total. The van der Waals surface area contributed by atoms with E-state index in [0.29, 0.717) is 29.2 Å². The number of nitriles is 1. The van der Waals surface area contributed by atoms with Crippen molar-refractivity contribution in [3.8, 4) is 17.6 Å². The molecule has 178 valence electrons. The molecule has 0 heterocycles. The van der Waals surface area contributed by atoms with Gasteiger partial charge in [-0.3, -0.25) is 14.9 Å². The third-order valence-electron chi connectivity index (χ3n) is 4.81. The van der Waals surface area contributed by atoms with E-state index in [1.165, 1.54) is 18.2 Å². The Morgan fingerprint density at radius 3 is 2.54 bits per heavy atom. The van der Waals surface area contributed by atoms with Gasteiger partial charge in [-0.15, -0.1) is 0 Å². The highest BCUT2D eigenvalue weighted by Crippen LogP contribution is 2.38. The van der Waals surface area contributed by atoms with Gasteiger partial charge < -0.3 is 14.8 Å². The van der Waals surface area contributed by atoms with Gasteiger partial charge in [0.05, 0.1) is 16.6 Å². The van der Waals surface area contributed by atoms with Crippen LogP contribution in [-0.2, 0) is 11.4 Å². The molecule has 0 radical (unpaired) electrons. The fraction of sp³-hybridized carbons (Fsp3) is 0.154. The van der Waals surface area contributed by atoms with Crippen molar-refractivity contribution in [1.82, 2.24) is 0 Å². The van der Waals surface area contributed by atoms with Crippen molar-refractivity contribution in [2.75, 3.05) is 11.9 Å². The van der Waals surface area contributed by atoms with Gasteiger partial charge in [-0.25, -0.2) is 0 Å². The highest BCUT2D eigenvalue weighted by atomic mass is 35.5. The number of carbonyl (C=O) groups excluding carboxylic acids is 1. The molecule has 3 rings (SSSR count). The maximum atomic E-state index is 12.6. The number of hydrogen-bond donors (Lipinski definition) is 1. The van der Waals surface area contributed by atoms with Crippen LogP contribution in [0.25, 0.3) is 6.08 Å². The Kier molecular flexibility index (Phi) is 8.43. The van der Waals surface area contributed by atoms with E-state index in [4.69, 9.17) is 21.1 Å². The summed E-state index contributed by atoms with van der Waals surface area (Å²) in [6.07, 6.45) is 1.42. The number of rotatable bonds is 9. The van der Waals surface area contributed by atoms with Crippen LogP contribution in [0.3, 0.4) is 0 Å². The minimum absolute atomic E-state index is 0.0161. The van der Waals surface area contributed by atoms with E-state index in [-0.39, 0.29) is 28.6 Å². The molecule has 3 aromatic carbocycles. The van der Waals surface area contributed by atoms with Crippen LogP contribution in [0.2, 0.25) is 5.02 Å². The molecule has 0 aliphatic carbocycles. The Balaban J connectivity index is 1.82. The van der Waals surface area contributed by atoms with Crippen LogP contribution in [0, 0.1) is 28.4 Å². The Bertz CT molecular complexity index is 1310. The molecule has 0 aromatic heterocycles. The van der Waals surface area contributed by atoms with Crippen molar-refractivity contribution in [2.45, 2.75) is 20.5 Å². The number of nitro benzene ring substituents is 1. The van der Waals surface area contributed by atoms with Crippen molar-refractivity contribution in [1.29, 1.82) is 5.26 Å². The molecular formula is C26H22ClN3O5. The number of benzene rings is 3. The number of ether oxygens (including phenoxy) is 2. The van der Waals surface area contributed by atoms with Gasteiger partial charge in [0, 0.05) is 17.8 Å². The molecule has 3 aromatic rings. The minimum atomic E-state index is -0.550. The molecule has 0 unspecified atom stereocenters. The SMILES string of the molecule is CCOc1cc(/C=C(\C#N)C(=O)Nc2cccc(C)c2)cc(Cl)c1OCc1ccc([N+](=O)[O-])cc1. The number of nitrogens with zero attached hydrogens (tertiary/aromatic N) is 2. The summed E-state index contributed by atoms with van der Waals surface area (Å²) in [5, 5.41) is 23.3. The highest BCUT2D eigenvalue weighted by molar-refractivity contribution is 6.32. The van der Waals surface area contributed by atoms with Crippen LogP contribution < -0.4 is 14.8 Å². The van der Waals surface area contributed by atoms with E-state index in [2.05, 4.69) is 5.32 Å². The summed E-state index contributed by atoms with van der Waals surface area (Å²) in [5.74, 6) is 0.0713. The second-order valence-electron chi connectivity index (χ2n) is 7.47. The van der Waals surface area contributed by atoms with Gasteiger partial charge in [-0.2, -0.15) is 5.26 Å². The van der Waals surface area contributed by atoms with E-state index in [1.54, 1.807) is 43.3 Å². The summed E-state index contributed by atoms with van der Waals surface area (Å²) >= 11 is 6.45. The summed E-state index contributed by atoms with van der Waals surface area (Å²) in [4.78, 5) is 23.0. The summed E-state index contributed by atoms with van der Waals surface area (Å²) in [7, 11) is 0. The first kappa shape index (κ1) is 25.3. The Hall–Kier alpha value is -4.35. The number of halogens is 1. The van der Waals surface area contributed by atoms with Gasteiger partial charge in [0.1, 0.15) is 18.2 Å². The van der Waals surface area contributed by atoms with Crippen LogP contribution in [-0.4, -0.2) is 17.4 Å². The zero-order chi connectivity index (χ0) is 25.4. The van der Waals surface area contributed by atoms with Crippen molar-refractivity contribution in [3.05, 3.63) is 98.1 Å². The fourth-order valence-corrected chi connectivity index (χ4v) is 3.45. The quantitative estimate of drug-likeness (QED) is 0.168. The lowest BCUT2D eigenvalue weighted by Gasteiger charge is -2.15. The number of nitrogens with one attached hydrogen (secondary N) is 1. The zero-order valence-corrected chi connectivity index (χ0v) is 19.8. The zero-order valence-electron chi connectivity index (χ0n) is 19.1. The monoisotopic (exact) mass is 491 g/mol. The predicted molar refractivity (Wildman–Crippen MR) is 133 cm³/mol. The number of nitro groups is 1. The first-order valence-electron chi connectivity index (χ1n) is 10.6. The second-order valence-corrected chi connectivity index (χ2v) is 7.88. The third kappa shape index (κ3) is 6.82. The van der Waals surface area contributed by atoms with Crippen molar-refractivity contribution >= 4 is 35.0 Å². The van der Waals surface area contributed by atoms with Crippen LogP contribution in [0.15, 0.2) is 66.2 Å². The van der Waals surface area contributed by atoms with Crippen LogP contribution in [0.1, 0.15) is 23.6 Å². The smallest absolute Gasteiger partial charge is 0.269 e. The topological polar surface area (TPSA) is 114 Å². The molecule has 0 atom stereocenters. The van der Waals surface area contributed by atoms with E-state index in [0.717, 1.165) is 5.56 Å². The predicted octanol–water partition coefficient (Wildman–Crippen LogP) is 6.08. The number of non-ortho nitro benzene ring substituents is 1. The van der Waals surface area contributed by atoms with Gasteiger partial charge in [0.25, 0.3) is 11.6 Å². The van der Waals surface area contributed by atoms with Crippen LogP contribution in [0.4, 0.5) is 11.4 Å². The Labute approximate surface area is 207 Å². The average Bonchev–Trinajstić information content (AvgIpc) is 2.82. The largest absolute Gasteiger partial charge is 0.490 e. The van der Waals surface area contributed by atoms with Gasteiger partial charge >= 0.3 is 0 Å². The first-order valence-corrected chi connectivity index (χ1v) is 11.0. The average molecular weight is 492 g/mol. The lowest BCUT2D eigenvalue weighted by atomic mass is 10.1. The van der Waals surface area contributed by atoms with Crippen LogP contribution >= 0.6 is 11.6 Å². The molecule has 0 aliphatic rings. The second kappa shape index (κ2) is 11.7. The molecule has 35 heavy (non-hydrogen) atoms. The highest BCUT2D eigenvalue weighted by Gasteiger charge is 2.15. The van der Waals surface area contributed by atoms with Gasteiger partial charge in [0.2, 0.25) is 0 Å². The summed E-state index contributed by atoms with van der Waals surface area (Å²) < 4.78 is 11.5. The van der Waals surface area contributed by atoms with E-state index < -0.39 is 10.8 Å². The lowest BCUT2D eigenvalue weighted by Crippen LogP contribution is -2.13. The third-order valence-corrected chi connectivity index (χ3v) is 5.09. The maximum absolute atomic E-state index is 12.6. The number of aryl methyl sites for hydroxylation is 1. The molecule has 8 nitrogen and oxygen atoms in total. The summed E-state index contributed by atoms with van der Waals surface area (Å²) in [6, 6.07) is 18.3. The van der Waals surface area contributed by atoms with Gasteiger partial charge in [-0.1, -0.05) is 23.7 Å². The van der Waals surface area contributed by atoms with E-state index in [9.17, 15) is 20.2 Å². The van der Waals surface area contributed by atoms with Crippen molar-refractivity contribution < 1.29 is 19.2 Å². The molecule has 0 aliphatic heterocycles. The standard InChI is InChI=1S/C26H22ClN3O5/c1-3-34-24-14-19(12-20(15-28)26(31)29-21-6-4-5-17(2)11-21)13-23(27)25(24)35-16-18-7-9-22(10-8-18)30(32)33/h4-14H,3,16H2,1-2H3,(H,29,31)/b20-12+. The molecule has 0 spiro atoms. The van der Waals surface area contributed by atoms with Crippen molar-refractivity contribution in [3.63, 3.8) is 0 Å². The molecule has 0 fully saturated rings. The van der Waals surface area contributed by atoms with E-state index >= 15 is 0 Å². The lowest BCUT2D eigenvalue weighted by molar-refractivity contribution is -0.384. The molecule has 0 saturated heterocycles. The Morgan fingerprint density at radius 1 is 1.17 bits per heavy atom. The van der Waals surface area contributed by atoms with E-state index in [1.807, 2.05) is 25.1 Å². The van der Waals surface area contributed by atoms with Gasteiger partial charge in [-0.05, 0) is 73.0 Å². The minimum Gasteiger partial charge on any atom is -0.490 e. The molecule has 0 bridgehead atoms. The molecule has 1 amide bonds. The fourth-order valence-electron chi connectivity index (χ4n) is 3.18. The molecular weight excluding hydrogens is 470 g/mol. The summed E-state index contributed by atoms with van der Waals surface area (Å²) in [6.45, 7) is 4.14. The number of amides is 1. The Morgan fingerprint density at radius 2 is 1.91 bits per heavy atom. The summed E-state index contributed by atoms with van der Waals surface area (Å²) in [5.41, 5.74) is 2.62. The number of carbonyl (C=O) groups is 1. The number of anilines is 1. The molecule has 9 heteroatoms. The number of hydrogen-bond acceptors (Lipinski definition) is 6. The van der Waals surface area contributed by atoms with Gasteiger partial charge in [0.15, 0.2) is 11.5 Å². The molecule has 0 saturated carbocycles. The van der Waals surface area contributed by atoms with Crippen molar-refractivity contribution in [2.24, 2.45) is 0 Å². The normalized spacial score (nSPS) is 10.9. The van der Waals surface area contributed by atoms with Crippen LogP contribution in [0.5, 0.6) is 11.5 Å². The first-order chi connectivity index (χ1) is 16.8. The maximum Gasteiger partial charge on any atom is 0.269 e.